The molecule has 0 amide bonds. The molecule has 0 spiro atoms. The average molecular weight is 236 g/mol. The van der Waals surface area contributed by atoms with Crippen LogP contribution >= 0.6 is 0 Å². The lowest BCUT2D eigenvalue weighted by Crippen LogP contribution is -2.38. The lowest BCUT2D eigenvalue weighted by atomic mass is 9.74. The first-order valence-electron chi connectivity index (χ1n) is 5.53. The smallest absolute Gasteiger partial charge is 0.314 e. The summed E-state index contributed by atoms with van der Waals surface area (Å²) in [4.78, 5) is 22.4. The zero-order chi connectivity index (χ0) is 12.9. The minimum absolute atomic E-state index is 0.318. The summed E-state index contributed by atoms with van der Waals surface area (Å²) in [7, 11) is 0. The monoisotopic (exact) mass is 236 g/mol. The van der Waals surface area contributed by atoms with Crippen molar-refractivity contribution >= 4 is 11.9 Å². The highest BCUT2D eigenvalue weighted by Gasteiger charge is 2.41. The molecule has 0 fully saturated rings. The van der Waals surface area contributed by atoms with Crippen molar-refractivity contribution in [3.63, 3.8) is 0 Å². The second-order valence-electron chi connectivity index (χ2n) is 4.07. The Morgan fingerprint density at radius 3 is 2.18 bits per heavy atom. The van der Waals surface area contributed by atoms with Gasteiger partial charge in [0.25, 0.3) is 0 Å². The number of hydrogen-bond donors (Lipinski definition) is 2. The topological polar surface area (TPSA) is 74.6 Å². The summed E-state index contributed by atoms with van der Waals surface area (Å²) in [6.07, 6.45) is 0.549. The van der Waals surface area contributed by atoms with Gasteiger partial charge in [-0.2, -0.15) is 0 Å². The number of carbonyl (C=O) groups is 2. The molecule has 0 aliphatic heterocycles. The third-order valence-corrected chi connectivity index (χ3v) is 2.87. The van der Waals surface area contributed by atoms with Crippen LogP contribution in [-0.2, 0) is 15.0 Å². The van der Waals surface area contributed by atoms with E-state index in [2.05, 4.69) is 0 Å². The molecule has 2 N–H and O–H groups in total. The van der Waals surface area contributed by atoms with E-state index in [-0.39, 0.29) is 6.42 Å². The summed E-state index contributed by atoms with van der Waals surface area (Å²) >= 11 is 0. The lowest BCUT2D eigenvalue weighted by molar-refractivity contribution is -0.150. The van der Waals surface area contributed by atoms with E-state index in [9.17, 15) is 14.7 Å². The van der Waals surface area contributed by atoms with E-state index in [0.717, 1.165) is 0 Å². The van der Waals surface area contributed by atoms with Gasteiger partial charge in [-0.05, 0) is 12.0 Å². The molecule has 1 aromatic carbocycles. The zero-order valence-corrected chi connectivity index (χ0v) is 9.72. The fourth-order valence-corrected chi connectivity index (χ4v) is 2.08. The van der Waals surface area contributed by atoms with Crippen molar-refractivity contribution in [1.29, 1.82) is 0 Å². The Bertz CT molecular complexity index is 399. The second-order valence-corrected chi connectivity index (χ2v) is 4.07. The van der Waals surface area contributed by atoms with Crippen molar-refractivity contribution in [3.8, 4) is 0 Å². The van der Waals surface area contributed by atoms with Gasteiger partial charge < -0.3 is 10.2 Å². The maximum Gasteiger partial charge on any atom is 0.314 e. The minimum Gasteiger partial charge on any atom is -0.481 e. The fourth-order valence-electron chi connectivity index (χ4n) is 2.08. The number of carboxylic acid groups (broad SMARTS) is 2. The van der Waals surface area contributed by atoms with Gasteiger partial charge in [0.05, 0.1) is 6.42 Å². The predicted molar refractivity (Wildman–Crippen MR) is 62.9 cm³/mol. The van der Waals surface area contributed by atoms with E-state index >= 15 is 0 Å². The molecule has 1 unspecified atom stereocenters. The van der Waals surface area contributed by atoms with Crippen LogP contribution in [0.2, 0.25) is 0 Å². The molecule has 1 atom stereocenters. The average Bonchev–Trinajstić information content (AvgIpc) is 2.28. The van der Waals surface area contributed by atoms with Gasteiger partial charge in [-0.15, -0.1) is 0 Å². The molecule has 0 saturated heterocycles. The highest BCUT2D eigenvalue weighted by molar-refractivity contribution is 5.87. The van der Waals surface area contributed by atoms with Crippen LogP contribution in [0.25, 0.3) is 0 Å². The summed E-state index contributed by atoms with van der Waals surface area (Å²) in [5, 5.41) is 18.3. The molecule has 0 aliphatic rings. The SMILES string of the molecule is CCCC(CC(=O)O)(C(=O)O)c1ccccc1. The van der Waals surface area contributed by atoms with Crippen LogP contribution in [0.5, 0.6) is 0 Å². The molecule has 4 heteroatoms. The van der Waals surface area contributed by atoms with E-state index < -0.39 is 17.4 Å². The zero-order valence-electron chi connectivity index (χ0n) is 9.72. The van der Waals surface area contributed by atoms with Crippen LogP contribution in [-0.4, -0.2) is 22.2 Å². The molecular formula is C13H16O4. The lowest BCUT2D eigenvalue weighted by Gasteiger charge is -2.28. The van der Waals surface area contributed by atoms with Gasteiger partial charge >= 0.3 is 11.9 Å². The van der Waals surface area contributed by atoms with E-state index in [1.165, 1.54) is 0 Å². The third kappa shape index (κ3) is 2.84. The van der Waals surface area contributed by atoms with Crippen molar-refractivity contribution in [1.82, 2.24) is 0 Å². The number of benzene rings is 1. The van der Waals surface area contributed by atoms with Gasteiger partial charge in [-0.25, -0.2) is 0 Å². The second kappa shape index (κ2) is 5.48. The van der Waals surface area contributed by atoms with Gasteiger partial charge in [0, 0.05) is 0 Å². The molecular weight excluding hydrogens is 220 g/mol. The third-order valence-electron chi connectivity index (χ3n) is 2.87. The van der Waals surface area contributed by atoms with Crippen LogP contribution in [0.1, 0.15) is 31.7 Å². The minimum atomic E-state index is -1.32. The fraction of sp³-hybridized carbons (Fsp3) is 0.385. The molecule has 0 bridgehead atoms. The van der Waals surface area contributed by atoms with Crippen molar-refractivity contribution < 1.29 is 19.8 Å². The highest BCUT2D eigenvalue weighted by Crippen LogP contribution is 2.33. The Hall–Kier alpha value is -1.84. The van der Waals surface area contributed by atoms with Crippen LogP contribution in [0, 0.1) is 0 Å². The quantitative estimate of drug-likeness (QED) is 0.794. The van der Waals surface area contributed by atoms with Crippen molar-refractivity contribution in [3.05, 3.63) is 35.9 Å². The number of aliphatic carboxylic acids is 2. The first kappa shape index (κ1) is 13.2. The molecule has 0 radical (unpaired) electrons. The molecule has 4 nitrogen and oxygen atoms in total. The normalized spacial score (nSPS) is 13.9. The van der Waals surface area contributed by atoms with E-state index in [1.54, 1.807) is 30.3 Å². The largest absolute Gasteiger partial charge is 0.481 e. The van der Waals surface area contributed by atoms with E-state index in [4.69, 9.17) is 5.11 Å². The van der Waals surface area contributed by atoms with Crippen molar-refractivity contribution in [2.75, 3.05) is 0 Å². The summed E-state index contributed by atoms with van der Waals surface area (Å²) in [5.41, 5.74) is -0.765. The Labute approximate surface area is 99.9 Å². The van der Waals surface area contributed by atoms with E-state index in [0.29, 0.717) is 18.4 Å². The van der Waals surface area contributed by atoms with Gasteiger partial charge in [0.2, 0.25) is 0 Å². The van der Waals surface area contributed by atoms with Gasteiger partial charge in [0.1, 0.15) is 5.41 Å². The van der Waals surface area contributed by atoms with E-state index in [1.807, 2.05) is 6.92 Å². The Morgan fingerprint density at radius 2 is 1.76 bits per heavy atom. The maximum atomic E-state index is 11.5. The van der Waals surface area contributed by atoms with Crippen LogP contribution in [0.15, 0.2) is 30.3 Å². The number of rotatable bonds is 6. The number of hydrogen-bond acceptors (Lipinski definition) is 2. The Balaban J connectivity index is 3.24. The maximum absolute atomic E-state index is 11.5. The van der Waals surface area contributed by atoms with Gasteiger partial charge in [0.15, 0.2) is 0 Å². The Kier molecular flexibility index (Phi) is 4.26. The van der Waals surface area contributed by atoms with Crippen LogP contribution in [0.4, 0.5) is 0 Å². The standard InChI is InChI=1S/C13H16O4/c1-2-8-13(12(16)17,9-11(14)15)10-6-4-3-5-7-10/h3-7H,2,8-9H2,1H3,(H,14,15)(H,16,17). The predicted octanol–water partition coefficient (Wildman–Crippen LogP) is 2.28. The van der Waals surface area contributed by atoms with Gasteiger partial charge in [-0.3, -0.25) is 9.59 Å². The molecule has 92 valence electrons. The molecule has 0 aliphatic carbocycles. The summed E-state index contributed by atoms with van der Waals surface area (Å²) in [5.74, 6) is -2.17. The summed E-state index contributed by atoms with van der Waals surface area (Å²) in [6.45, 7) is 1.85. The molecule has 1 aromatic rings. The first-order chi connectivity index (χ1) is 8.03. The molecule has 17 heavy (non-hydrogen) atoms. The number of carboxylic acids is 2. The molecule has 0 heterocycles. The Morgan fingerprint density at radius 1 is 1.18 bits per heavy atom. The van der Waals surface area contributed by atoms with Crippen molar-refractivity contribution in [2.24, 2.45) is 0 Å². The summed E-state index contributed by atoms with van der Waals surface area (Å²) < 4.78 is 0. The van der Waals surface area contributed by atoms with Crippen LogP contribution < -0.4 is 0 Å². The first-order valence-corrected chi connectivity index (χ1v) is 5.53. The molecule has 0 aromatic heterocycles. The van der Waals surface area contributed by atoms with Crippen LogP contribution in [0.3, 0.4) is 0 Å². The molecule has 1 rings (SSSR count). The van der Waals surface area contributed by atoms with Crippen molar-refractivity contribution in [2.45, 2.75) is 31.6 Å². The van der Waals surface area contributed by atoms with Gasteiger partial charge in [-0.1, -0.05) is 43.7 Å². The highest BCUT2D eigenvalue weighted by atomic mass is 16.4. The summed E-state index contributed by atoms with van der Waals surface area (Å²) in [6, 6.07) is 8.58. The molecule has 0 saturated carbocycles.